The van der Waals surface area contributed by atoms with E-state index in [1.54, 1.807) is 31.4 Å². The SMILES string of the molecule is COc1c(N)cccc1C(=O)NC(C)CS(C)=O. The van der Waals surface area contributed by atoms with Crippen LogP contribution in [0.5, 0.6) is 5.75 Å². The van der Waals surface area contributed by atoms with Crippen LogP contribution in [0.25, 0.3) is 0 Å². The zero-order chi connectivity index (χ0) is 13.7. The molecule has 0 aliphatic rings. The van der Waals surface area contributed by atoms with Crippen LogP contribution in [0.1, 0.15) is 17.3 Å². The number of para-hydroxylation sites is 1. The van der Waals surface area contributed by atoms with Crippen LogP contribution in [0.3, 0.4) is 0 Å². The zero-order valence-electron chi connectivity index (χ0n) is 10.7. The average molecular weight is 270 g/mol. The highest BCUT2D eigenvalue weighted by Gasteiger charge is 2.16. The summed E-state index contributed by atoms with van der Waals surface area (Å²) in [7, 11) is 0.515. The molecule has 2 atom stereocenters. The molecule has 0 radical (unpaired) electrons. The molecule has 0 aliphatic carbocycles. The number of methoxy groups -OCH3 is 1. The molecular formula is C12H18N2O3S. The molecule has 3 N–H and O–H groups in total. The first-order valence-electron chi connectivity index (χ1n) is 5.49. The predicted molar refractivity (Wildman–Crippen MR) is 73.3 cm³/mol. The van der Waals surface area contributed by atoms with Gasteiger partial charge in [-0.15, -0.1) is 0 Å². The fourth-order valence-electron chi connectivity index (χ4n) is 1.66. The number of hydrogen-bond donors (Lipinski definition) is 2. The molecule has 0 aromatic heterocycles. The Kier molecular flexibility index (Phi) is 5.15. The van der Waals surface area contributed by atoms with E-state index < -0.39 is 10.8 Å². The Morgan fingerprint density at radius 2 is 2.22 bits per heavy atom. The van der Waals surface area contributed by atoms with Gasteiger partial charge in [0.15, 0.2) is 5.75 Å². The van der Waals surface area contributed by atoms with E-state index >= 15 is 0 Å². The van der Waals surface area contributed by atoms with E-state index in [4.69, 9.17) is 10.5 Å². The number of hydrogen-bond acceptors (Lipinski definition) is 4. The van der Waals surface area contributed by atoms with Crippen LogP contribution >= 0.6 is 0 Å². The van der Waals surface area contributed by atoms with Crippen LogP contribution in [0.4, 0.5) is 5.69 Å². The summed E-state index contributed by atoms with van der Waals surface area (Å²) in [6.07, 6.45) is 1.60. The summed E-state index contributed by atoms with van der Waals surface area (Å²) in [6, 6.07) is 4.82. The van der Waals surface area contributed by atoms with Crippen molar-refractivity contribution in [3.8, 4) is 5.75 Å². The molecule has 2 unspecified atom stereocenters. The Morgan fingerprint density at radius 3 is 2.78 bits per heavy atom. The van der Waals surface area contributed by atoms with Crippen molar-refractivity contribution in [1.82, 2.24) is 5.32 Å². The number of nitrogens with one attached hydrogen (secondary N) is 1. The monoisotopic (exact) mass is 270 g/mol. The number of ether oxygens (including phenoxy) is 1. The van der Waals surface area contributed by atoms with E-state index in [9.17, 15) is 9.00 Å². The summed E-state index contributed by atoms with van der Waals surface area (Å²) >= 11 is 0. The fourth-order valence-corrected chi connectivity index (χ4v) is 2.44. The molecule has 0 saturated carbocycles. The fraction of sp³-hybridized carbons (Fsp3) is 0.417. The van der Waals surface area contributed by atoms with Crippen molar-refractivity contribution in [2.75, 3.05) is 24.9 Å². The molecule has 100 valence electrons. The number of benzene rings is 1. The van der Waals surface area contributed by atoms with Crippen molar-refractivity contribution in [3.05, 3.63) is 23.8 Å². The summed E-state index contributed by atoms with van der Waals surface area (Å²) in [6.45, 7) is 1.80. The molecule has 1 aromatic rings. The summed E-state index contributed by atoms with van der Waals surface area (Å²) < 4.78 is 16.2. The molecule has 0 saturated heterocycles. The number of nitrogen functional groups attached to an aromatic ring is 1. The van der Waals surface area contributed by atoms with Gasteiger partial charge in [0.1, 0.15) is 0 Å². The van der Waals surface area contributed by atoms with Gasteiger partial charge < -0.3 is 15.8 Å². The molecule has 0 bridgehead atoms. The summed E-state index contributed by atoms with van der Waals surface area (Å²) in [5.41, 5.74) is 6.52. The van der Waals surface area contributed by atoms with Gasteiger partial charge in [-0.25, -0.2) is 0 Å². The van der Waals surface area contributed by atoms with Gasteiger partial charge in [0, 0.05) is 28.9 Å². The average Bonchev–Trinajstić information content (AvgIpc) is 2.27. The maximum atomic E-state index is 12.0. The van der Waals surface area contributed by atoms with Crippen LogP contribution < -0.4 is 15.8 Å². The third-order valence-electron chi connectivity index (χ3n) is 2.36. The molecule has 18 heavy (non-hydrogen) atoms. The second-order valence-corrected chi connectivity index (χ2v) is 5.52. The van der Waals surface area contributed by atoms with Gasteiger partial charge >= 0.3 is 0 Å². The van der Waals surface area contributed by atoms with Crippen LogP contribution in [0.15, 0.2) is 18.2 Å². The van der Waals surface area contributed by atoms with Crippen molar-refractivity contribution in [1.29, 1.82) is 0 Å². The minimum Gasteiger partial charge on any atom is -0.494 e. The van der Waals surface area contributed by atoms with Gasteiger partial charge in [-0.1, -0.05) is 6.07 Å². The van der Waals surface area contributed by atoms with Crippen LogP contribution in [-0.4, -0.2) is 35.3 Å². The lowest BCUT2D eigenvalue weighted by molar-refractivity contribution is 0.0941. The van der Waals surface area contributed by atoms with E-state index in [1.165, 1.54) is 7.11 Å². The molecule has 0 aliphatic heterocycles. The smallest absolute Gasteiger partial charge is 0.255 e. The van der Waals surface area contributed by atoms with Crippen molar-refractivity contribution >= 4 is 22.4 Å². The first-order valence-corrected chi connectivity index (χ1v) is 7.21. The molecule has 0 fully saturated rings. The van der Waals surface area contributed by atoms with Crippen LogP contribution in [-0.2, 0) is 10.8 Å². The number of carbonyl (C=O) groups excluding carboxylic acids is 1. The van der Waals surface area contributed by atoms with Gasteiger partial charge in [0.2, 0.25) is 0 Å². The van der Waals surface area contributed by atoms with Gasteiger partial charge in [-0.05, 0) is 19.1 Å². The summed E-state index contributed by atoms with van der Waals surface area (Å²) in [4.78, 5) is 12.0. The van der Waals surface area contributed by atoms with E-state index in [0.717, 1.165) is 0 Å². The van der Waals surface area contributed by atoms with Gasteiger partial charge in [-0.3, -0.25) is 9.00 Å². The third kappa shape index (κ3) is 3.73. The Labute approximate surface area is 109 Å². The van der Waals surface area contributed by atoms with Crippen LogP contribution in [0, 0.1) is 0 Å². The topological polar surface area (TPSA) is 81.4 Å². The lowest BCUT2D eigenvalue weighted by Crippen LogP contribution is -2.36. The predicted octanol–water partition coefficient (Wildman–Crippen LogP) is 0.774. The maximum absolute atomic E-state index is 12.0. The summed E-state index contributed by atoms with van der Waals surface area (Å²) in [5.74, 6) is 0.494. The summed E-state index contributed by atoms with van der Waals surface area (Å²) in [5, 5.41) is 2.76. The first-order chi connectivity index (χ1) is 8.45. The normalized spacial score (nSPS) is 13.7. The second kappa shape index (κ2) is 6.39. The zero-order valence-corrected chi connectivity index (χ0v) is 11.5. The number of rotatable bonds is 5. The van der Waals surface area contributed by atoms with Crippen molar-refractivity contribution < 1.29 is 13.7 Å². The molecule has 5 nitrogen and oxygen atoms in total. The number of anilines is 1. The van der Waals surface area contributed by atoms with Crippen molar-refractivity contribution in [2.24, 2.45) is 0 Å². The molecule has 6 heteroatoms. The number of nitrogens with two attached hydrogens (primary N) is 1. The van der Waals surface area contributed by atoms with E-state index in [1.807, 2.05) is 0 Å². The minimum atomic E-state index is -0.951. The second-order valence-electron chi connectivity index (χ2n) is 4.04. The standard InChI is InChI=1S/C12H18N2O3S/c1-8(7-18(3)16)14-12(15)9-5-4-6-10(13)11(9)17-2/h4-6,8H,7,13H2,1-3H3,(H,14,15). The van der Waals surface area contributed by atoms with E-state index in [0.29, 0.717) is 22.8 Å². The number of amides is 1. The molecule has 0 spiro atoms. The lowest BCUT2D eigenvalue weighted by atomic mass is 10.1. The minimum absolute atomic E-state index is 0.172. The van der Waals surface area contributed by atoms with E-state index in [-0.39, 0.29) is 11.9 Å². The third-order valence-corrected chi connectivity index (χ3v) is 3.33. The molecule has 1 rings (SSSR count). The largest absolute Gasteiger partial charge is 0.494 e. The maximum Gasteiger partial charge on any atom is 0.255 e. The Morgan fingerprint density at radius 1 is 1.56 bits per heavy atom. The van der Waals surface area contributed by atoms with Gasteiger partial charge in [0.05, 0.1) is 18.4 Å². The van der Waals surface area contributed by atoms with Crippen molar-refractivity contribution in [2.45, 2.75) is 13.0 Å². The lowest BCUT2D eigenvalue weighted by Gasteiger charge is -2.15. The first kappa shape index (κ1) is 14.5. The highest BCUT2D eigenvalue weighted by atomic mass is 32.2. The van der Waals surface area contributed by atoms with Gasteiger partial charge in [0.25, 0.3) is 5.91 Å². The molecule has 0 heterocycles. The molecular weight excluding hydrogens is 252 g/mol. The quantitative estimate of drug-likeness (QED) is 0.775. The highest BCUT2D eigenvalue weighted by Crippen LogP contribution is 2.25. The molecule has 1 amide bonds. The Balaban J connectivity index is 2.84. The highest BCUT2D eigenvalue weighted by molar-refractivity contribution is 7.84. The van der Waals surface area contributed by atoms with Crippen LogP contribution in [0.2, 0.25) is 0 Å². The Hall–Kier alpha value is -1.56. The molecule has 1 aromatic carbocycles. The Bertz CT molecular complexity index is 463. The van der Waals surface area contributed by atoms with E-state index in [2.05, 4.69) is 5.32 Å². The van der Waals surface area contributed by atoms with Crippen molar-refractivity contribution in [3.63, 3.8) is 0 Å². The van der Waals surface area contributed by atoms with Gasteiger partial charge in [-0.2, -0.15) is 0 Å². The number of carbonyl (C=O) groups is 1.